The van der Waals surface area contributed by atoms with Crippen molar-refractivity contribution in [3.8, 4) is 5.75 Å². The molecule has 1 saturated carbocycles. The second kappa shape index (κ2) is 11.5. The van der Waals surface area contributed by atoms with Crippen LogP contribution < -0.4 is 15.4 Å². The Labute approximate surface area is 188 Å². The van der Waals surface area contributed by atoms with Crippen LogP contribution in [0.4, 0.5) is 5.69 Å². The number of hydrogen-bond donors (Lipinski definition) is 2. The van der Waals surface area contributed by atoms with Crippen molar-refractivity contribution in [2.24, 2.45) is 0 Å². The van der Waals surface area contributed by atoms with E-state index in [2.05, 4.69) is 10.6 Å². The van der Waals surface area contributed by atoms with Crippen LogP contribution in [0.1, 0.15) is 66.2 Å². The van der Waals surface area contributed by atoms with Crippen molar-refractivity contribution in [2.45, 2.75) is 51.6 Å². The van der Waals surface area contributed by atoms with E-state index in [4.69, 9.17) is 21.7 Å². The van der Waals surface area contributed by atoms with E-state index >= 15 is 0 Å². The van der Waals surface area contributed by atoms with Crippen molar-refractivity contribution in [2.75, 3.05) is 11.9 Å². The summed E-state index contributed by atoms with van der Waals surface area (Å²) in [4.78, 5) is 24.8. The van der Waals surface area contributed by atoms with Gasteiger partial charge in [0, 0.05) is 11.3 Å². The van der Waals surface area contributed by atoms with Gasteiger partial charge in [0.05, 0.1) is 12.2 Å². The summed E-state index contributed by atoms with van der Waals surface area (Å²) < 4.78 is 11.1. The number of anilines is 1. The van der Waals surface area contributed by atoms with Gasteiger partial charge in [0.2, 0.25) is 0 Å². The molecule has 7 heteroatoms. The van der Waals surface area contributed by atoms with Crippen LogP contribution in [0.2, 0.25) is 0 Å². The molecule has 31 heavy (non-hydrogen) atoms. The second-order valence-corrected chi connectivity index (χ2v) is 7.94. The average Bonchev–Trinajstić information content (AvgIpc) is 2.79. The monoisotopic (exact) mass is 440 g/mol. The quantitative estimate of drug-likeness (QED) is 0.461. The molecular weight excluding hydrogens is 412 g/mol. The van der Waals surface area contributed by atoms with Crippen LogP contribution in [-0.4, -0.2) is 29.7 Å². The molecule has 6 nitrogen and oxygen atoms in total. The number of ether oxygens (including phenoxy) is 2. The highest BCUT2D eigenvalue weighted by Gasteiger charge is 2.18. The van der Waals surface area contributed by atoms with E-state index in [0.29, 0.717) is 29.2 Å². The molecule has 0 bridgehead atoms. The van der Waals surface area contributed by atoms with Crippen LogP contribution in [-0.2, 0) is 4.74 Å². The van der Waals surface area contributed by atoms with Crippen LogP contribution >= 0.6 is 12.2 Å². The Morgan fingerprint density at radius 1 is 1.03 bits per heavy atom. The molecule has 0 spiro atoms. The lowest BCUT2D eigenvalue weighted by molar-refractivity contribution is 0.0211. The Hall–Kier alpha value is -2.93. The maximum absolute atomic E-state index is 12.4. The molecule has 2 N–H and O–H groups in total. The highest BCUT2D eigenvalue weighted by atomic mass is 32.1. The van der Waals surface area contributed by atoms with Gasteiger partial charge in [-0.05, 0) is 86.8 Å². The third-order valence-electron chi connectivity index (χ3n) is 5.00. The molecule has 1 aliphatic carbocycles. The lowest BCUT2D eigenvalue weighted by Gasteiger charge is -2.21. The standard InChI is InChI=1S/C24H28N2O4S/c1-2-15-29-21-10-6-7-18(16-21)22(27)26-24(31)25-19-13-11-17(12-14-19)23(28)30-20-8-4-3-5-9-20/h6-7,10-14,16,20H,2-5,8-9,15H2,1H3,(H2,25,26,27,31). The number of carbonyl (C=O) groups excluding carboxylic acids is 2. The van der Waals surface area contributed by atoms with E-state index in [1.807, 2.05) is 13.0 Å². The summed E-state index contributed by atoms with van der Waals surface area (Å²) in [5, 5.41) is 5.78. The van der Waals surface area contributed by atoms with Crippen molar-refractivity contribution in [3.05, 3.63) is 59.7 Å². The zero-order valence-electron chi connectivity index (χ0n) is 17.7. The van der Waals surface area contributed by atoms with E-state index in [-0.39, 0.29) is 23.1 Å². The van der Waals surface area contributed by atoms with Crippen LogP contribution in [0.5, 0.6) is 5.75 Å². The minimum absolute atomic E-state index is 0.0210. The summed E-state index contributed by atoms with van der Waals surface area (Å²) in [5.74, 6) is 0.00992. The maximum atomic E-state index is 12.4. The van der Waals surface area contributed by atoms with Gasteiger partial charge in [-0.25, -0.2) is 4.79 Å². The maximum Gasteiger partial charge on any atom is 0.338 e. The molecule has 3 rings (SSSR count). The lowest BCUT2D eigenvalue weighted by atomic mass is 9.98. The molecule has 0 radical (unpaired) electrons. The molecular formula is C24H28N2O4S. The minimum Gasteiger partial charge on any atom is -0.494 e. The second-order valence-electron chi connectivity index (χ2n) is 7.53. The van der Waals surface area contributed by atoms with Gasteiger partial charge in [-0.3, -0.25) is 10.1 Å². The molecule has 1 amide bonds. The summed E-state index contributed by atoms with van der Waals surface area (Å²) >= 11 is 5.24. The molecule has 2 aromatic rings. The minimum atomic E-state index is -0.327. The number of carbonyl (C=O) groups is 2. The molecule has 0 heterocycles. The third kappa shape index (κ3) is 7.07. The normalized spacial score (nSPS) is 13.8. The molecule has 1 fully saturated rings. The first-order valence-corrected chi connectivity index (χ1v) is 11.1. The molecule has 2 aromatic carbocycles. The number of esters is 1. The van der Waals surface area contributed by atoms with Crippen molar-refractivity contribution < 1.29 is 19.1 Å². The molecule has 1 aliphatic rings. The summed E-state index contributed by atoms with van der Waals surface area (Å²) in [7, 11) is 0. The Kier molecular flexibility index (Phi) is 8.41. The van der Waals surface area contributed by atoms with Gasteiger partial charge in [-0.2, -0.15) is 0 Å². The van der Waals surface area contributed by atoms with Gasteiger partial charge in [0.15, 0.2) is 5.11 Å². The Balaban J connectivity index is 1.51. The fourth-order valence-electron chi connectivity index (χ4n) is 3.38. The van der Waals surface area contributed by atoms with E-state index in [1.54, 1.807) is 42.5 Å². The van der Waals surface area contributed by atoms with Gasteiger partial charge >= 0.3 is 5.97 Å². The molecule has 0 saturated heterocycles. The predicted molar refractivity (Wildman–Crippen MR) is 125 cm³/mol. The summed E-state index contributed by atoms with van der Waals surface area (Å²) in [6.07, 6.45) is 6.22. The number of amides is 1. The van der Waals surface area contributed by atoms with E-state index < -0.39 is 0 Å². The van der Waals surface area contributed by atoms with E-state index in [0.717, 1.165) is 32.1 Å². The highest BCUT2D eigenvalue weighted by molar-refractivity contribution is 7.80. The van der Waals surface area contributed by atoms with Crippen molar-refractivity contribution in [3.63, 3.8) is 0 Å². The number of thiocarbonyl (C=S) groups is 1. The zero-order chi connectivity index (χ0) is 22.1. The first-order chi connectivity index (χ1) is 15.0. The SMILES string of the molecule is CCCOc1cccc(C(=O)NC(=S)Nc2ccc(C(=O)OC3CCCCC3)cc2)c1. The fourth-order valence-corrected chi connectivity index (χ4v) is 3.59. The zero-order valence-corrected chi connectivity index (χ0v) is 18.5. The third-order valence-corrected chi connectivity index (χ3v) is 5.20. The van der Waals surface area contributed by atoms with Crippen LogP contribution in [0.3, 0.4) is 0 Å². The van der Waals surface area contributed by atoms with Gasteiger partial charge in [-0.1, -0.05) is 19.4 Å². The molecule has 0 aromatic heterocycles. The Morgan fingerprint density at radius 2 is 1.77 bits per heavy atom. The fraction of sp³-hybridized carbons (Fsp3) is 0.375. The summed E-state index contributed by atoms with van der Waals surface area (Å²) in [6, 6.07) is 13.8. The largest absolute Gasteiger partial charge is 0.494 e. The number of nitrogens with one attached hydrogen (secondary N) is 2. The first-order valence-electron chi connectivity index (χ1n) is 10.7. The number of benzene rings is 2. The summed E-state index contributed by atoms with van der Waals surface area (Å²) in [6.45, 7) is 2.61. The van der Waals surface area contributed by atoms with Crippen molar-refractivity contribution in [1.29, 1.82) is 0 Å². The lowest BCUT2D eigenvalue weighted by Crippen LogP contribution is -2.34. The predicted octanol–water partition coefficient (Wildman–Crippen LogP) is 5.09. The number of hydrogen-bond acceptors (Lipinski definition) is 5. The topological polar surface area (TPSA) is 76.7 Å². The molecule has 164 valence electrons. The Bertz CT molecular complexity index is 908. The van der Waals surface area contributed by atoms with Gasteiger partial charge in [0.1, 0.15) is 11.9 Å². The van der Waals surface area contributed by atoms with Gasteiger partial charge in [0.25, 0.3) is 5.91 Å². The molecule has 0 aliphatic heterocycles. The molecule has 0 atom stereocenters. The van der Waals surface area contributed by atoms with Gasteiger partial charge in [-0.15, -0.1) is 0 Å². The van der Waals surface area contributed by atoms with E-state index in [9.17, 15) is 9.59 Å². The van der Waals surface area contributed by atoms with Crippen LogP contribution in [0.15, 0.2) is 48.5 Å². The van der Waals surface area contributed by atoms with Crippen molar-refractivity contribution in [1.82, 2.24) is 5.32 Å². The van der Waals surface area contributed by atoms with Crippen LogP contribution in [0, 0.1) is 0 Å². The average molecular weight is 441 g/mol. The van der Waals surface area contributed by atoms with Crippen molar-refractivity contribution >= 4 is 34.9 Å². The van der Waals surface area contributed by atoms with Crippen LogP contribution in [0.25, 0.3) is 0 Å². The highest BCUT2D eigenvalue weighted by Crippen LogP contribution is 2.22. The summed E-state index contributed by atoms with van der Waals surface area (Å²) in [5.41, 5.74) is 1.62. The number of rotatable bonds is 7. The Morgan fingerprint density at radius 3 is 2.48 bits per heavy atom. The van der Waals surface area contributed by atoms with E-state index in [1.165, 1.54) is 6.42 Å². The first kappa shape index (κ1) is 22.7. The molecule has 0 unspecified atom stereocenters. The smallest absolute Gasteiger partial charge is 0.338 e. The van der Waals surface area contributed by atoms with Gasteiger partial charge < -0.3 is 14.8 Å².